The van der Waals surface area contributed by atoms with Gasteiger partial charge in [-0.15, -0.1) is 0 Å². The van der Waals surface area contributed by atoms with Crippen molar-refractivity contribution in [3.63, 3.8) is 0 Å². The fraction of sp³-hybridized carbons (Fsp3) is 0.455. The molecule has 0 radical (unpaired) electrons. The summed E-state index contributed by atoms with van der Waals surface area (Å²) in [5.41, 5.74) is 0.786. The SMILES string of the molecule is [3H]C(Cc1ccc(O)c(OC)c1)(OC)OC. The van der Waals surface area contributed by atoms with Crippen molar-refractivity contribution in [2.24, 2.45) is 0 Å². The number of benzene rings is 1. The van der Waals surface area contributed by atoms with Crippen LogP contribution in [0.15, 0.2) is 18.2 Å². The van der Waals surface area contributed by atoms with Crippen molar-refractivity contribution < 1.29 is 20.7 Å². The molecule has 0 heterocycles. The lowest BCUT2D eigenvalue weighted by Crippen LogP contribution is -2.15. The smallest absolute Gasteiger partial charge is 0.160 e. The van der Waals surface area contributed by atoms with Crippen molar-refractivity contribution in [1.82, 2.24) is 0 Å². The quantitative estimate of drug-likeness (QED) is 0.756. The number of methoxy groups -OCH3 is 3. The van der Waals surface area contributed by atoms with Gasteiger partial charge in [0.05, 0.1) is 8.48 Å². The Labute approximate surface area is 90.8 Å². The Kier molecular flexibility index (Phi) is 3.82. The first-order valence-electron chi connectivity index (χ1n) is 5.01. The van der Waals surface area contributed by atoms with E-state index in [4.69, 9.17) is 15.6 Å². The maximum Gasteiger partial charge on any atom is 0.160 e. The highest BCUT2D eigenvalue weighted by atomic mass is 16.7. The number of rotatable bonds is 5. The van der Waals surface area contributed by atoms with Crippen molar-refractivity contribution >= 4 is 0 Å². The molecule has 1 N–H and O–H groups in total. The Hall–Kier alpha value is -1.26. The van der Waals surface area contributed by atoms with Crippen LogP contribution in [0, 0.1) is 0 Å². The number of ether oxygens (including phenoxy) is 3. The first kappa shape index (κ1) is 10.3. The summed E-state index contributed by atoms with van der Waals surface area (Å²) in [5.74, 6) is 0.434. The van der Waals surface area contributed by atoms with Crippen LogP contribution >= 0.6 is 0 Å². The minimum Gasteiger partial charge on any atom is -0.504 e. The topological polar surface area (TPSA) is 47.9 Å². The van der Waals surface area contributed by atoms with Gasteiger partial charge in [0.1, 0.15) is 0 Å². The van der Waals surface area contributed by atoms with Crippen molar-refractivity contribution in [3.05, 3.63) is 23.8 Å². The molecule has 15 heavy (non-hydrogen) atoms. The molecule has 84 valence electrons. The molecule has 0 fully saturated rings. The third-order valence-electron chi connectivity index (χ3n) is 2.05. The van der Waals surface area contributed by atoms with Crippen LogP contribution in [0.25, 0.3) is 0 Å². The summed E-state index contributed by atoms with van der Waals surface area (Å²) >= 11 is 0. The van der Waals surface area contributed by atoms with E-state index in [2.05, 4.69) is 0 Å². The molecule has 0 aliphatic rings. The molecule has 1 aromatic rings. The van der Waals surface area contributed by atoms with Gasteiger partial charge in [-0.25, -0.2) is 0 Å². The fourth-order valence-electron chi connectivity index (χ4n) is 1.23. The second kappa shape index (κ2) is 5.58. The Balaban J connectivity index is 2.89. The molecule has 0 aliphatic heterocycles. The molecule has 0 saturated heterocycles. The highest BCUT2D eigenvalue weighted by Crippen LogP contribution is 2.26. The zero-order valence-corrected chi connectivity index (χ0v) is 9.11. The number of hydrogen-bond acceptors (Lipinski definition) is 4. The predicted octanol–water partition coefficient (Wildman–Crippen LogP) is 1.56. The van der Waals surface area contributed by atoms with Crippen LogP contribution in [0.2, 0.25) is 0 Å². The molecule has 0 spiro atoms. The normalized spacial score (nSPS) is 12.3. The lowest BCUT2D eigenvalue weighted by molar-refractivity contribution is -0.100. The minimum atomic E-state index is -1.41. The van der Waals surface area contributed by atoms with Gasteiger partial charge in [-0.3, -0.25) is 0 Å². The zero-order valence-electron chi connectivity index (χ0n) is 10.1. The second-order valence-corrected chi connectivity index (χ2v) is 2.96. The molecule has 4 nitrogen and oxygen atoms in total. The molecule has 1 aromatic carbocycles. The predicted molar refractivity (Wildman–Crippen MR) is 56.2 cm³/mol. The Morgan fingerprint density at radius 3 is 2.53 bits per heavy atom. The maximum absolute atomic E-state index is 9.41. The molecule has 1 rings (SSSR count). The van der Waals surface area contributed by atoms with Crippen LogP contribution in [0.4, 0.5) is 0 Å². The van der Waals surface area contributed by atoms with Gasteiger partial charge in [0.25, 0.3) is 0 Å². The molecule has 0 bridgehead atoms. The van der Waals surface area contributed by atoms with Gasteiger partial charge in [0, 0.05) is 20.6 Å². The number of aromatic hydroxyl groups is 1. The fourth-order valence-corrected chi connectivity index (χ4v) is 1.23. The van der Waals surface area contributed by atoms with Crippen molar-refractivity contribution in [2.75, 3.05) is 21.3 Å². The van der Waals surface area contributed by atoms with Crippen LogP contribution < -0.4 is 4.74 Å². The monoisotopic (exact) mass is 214 g/mol. The van der Waals surface area contributed by atoms with E-state index in [1.807, 2.05) is 0 Å². The highest BCUT2D eigenvalue weighted by molar-refractivity contribution is 5.41. The van der Waals surface area contributed by atoms with Crippen LogP contribution in [-0.2, 0) is 15.9 Å². The summed E-state index contributed by atoms with van der Waals surface area (Å²) in [6, 6.07) is 4.86. The third kappa shape index (κ3) is 3.11. The largest absolute Gasteiger partial charge is 0.504 e. The summed E-state index contributed by atoms with van der Waals surface area (Å²) in [6.07, 6.45) is -1.17. The van der Waals surface area contributed by atoms with E-state index in [-0.39, 0.29) is 12.2 Å². The minimum absolute atomic E-state index is 0.0664. The zero-order chi connectivity index (χ0) is 12.2. The second-order valence-electron chi connectivity index (χ2n) is 2.96. The highest BCUT2D eigenvalue weighted by Gasteiger charge is 2.09. The average molecular weight is 214 g/mol. The molecule has 4 heteroatoms. The molecule has 0 aliphatic carbocycles. The van der Waals surface area contributed by atoms with Gasteiger partial charge >= 0.3 is 0 Å². The van der Waals surface area contributed by atoms with Crippen molar-refractivity contribution in [3.8, 4) is 11.5 Å². The lowest BCUT2D eigenvalue weighted by Gasteiger charge is -2.14. The van der Waals surface area contributed by atoms with Crippen LogP contribution in [0.3, 0.4) is 0 Å². The summed E-state index contributed by atoms with van der Waals surface area (Å²) in [5, 5.41) is 9.41. The van der Waals surface area contributed by atoms with Crippen molar-refractivity contribution in [2.45, 2.75) is 12.7 Å². The lowest BCUT2D eigenvalue weighted by atomic mass is 10.1. The van der Waals surface area contributed by atoms with E-state index in [0.717, 1.165) is 5.56 Å². The van der Waals surface area contributed by atoms with E-state index in [9.17, 15) is 5.11 Å². The van der Waals surface area contributed by atoms with E-state index in [1.54, 1.807) is 12.1 Å². The molecule has 0 saturated carbocycles. The standard InChI is InChI=1S/C11H16O4/c1-13-10-6-8(4-5-9(10)12)7-11(14-2)15-3/h4-6,11-12H,7H2,1-3H3/i11T. The Morgan fingerprint density at radius 1 is 1.33 bits per heavy atom. The maximum atomic E-state index is 9.41. The van der Waals surface area contributed by atoms with Crippen LogP contribution in [0.1, 0.15) is 6.93 Å². The molecular weight excluding hydrogens is 196 g/mol. The summed E-state index contributed by atoms with van der Waals surface area (Å²) < 4.78 is 22.6. The van der Waals surface area contributed by atoms with Gasteiger partial charge in [0.2, 0.25) is 0 Å². The van der Waals surface area contributed by atoms with Gasteiger partial charge in [-0.2, -0.15) is 0 Å². The molecule has 0 unspecified atom stereocenters. The Bertz CT molecular complexity index is 350. The summed E-state index contributed by atoms with van der Waals surface area (Å²) in [7, 11) is 4.29. The van der Waals surface area contributed by atoms with Crippen molar-refractivity contribution in [1.29, 1.82) is 0 Å². The molecule has 0 aromatic heterocycles. The molecule has 0 amide bonds. The first-order valence-corrected chi connectivity index (χ1v) is 4.51. The average Bonchev–Trinajstić information content (AvgIpc) is 2.31. The number of hydrogen-bond donors (Lipinski definition) is 1. The first-order chi connectivity index (χ1) is 7.54. The molecule has 0 atom stereocenters. The summed E-state index contributed by atoms with van der Waals surface area (Å²) in [6.45, 7) is 0. The van der Waals surface area contributed by atoms with Gasteiger partial charge < -0.3 is 19.3 Å². The Morgan fingerprint density at radius 2 is 2.00 bits per heavy atom. The van der Waals surface area contributed by atoms with E-state index in [0.29, 0.717) is 5.75 Å². The van der Waals surface area contributed by atoms with E-state index >= 15 is 0 Å². The number of phenolic OH excluding ortho intramolecular Hbond substituents is 1. The van der Waals surface area contributed by atoms with Gasteiger partial charge in [-0.05, 0) is 17.7 Å². The molecular formula is C11H16O4. The van der Waals surface area contributed by atoms with Crippen LogP contribution in [0.5, 0.6) is 11.5 Å². The van der Waals surface area contributed by atoms with Gasteiger partial charge in [0.15, 0.2) is 17.8 Å². The van der Waals surface area contributed by atoms with Gasteiger partial charge in [-0.1, -0.05) is 6.07 Å². The summed E-state index contributed by atoms with van der Waals surface area (Å²) in [4.78, 5) is 0. The third-order valence-corrected chi connectivity index (χ3v) is 2.05. The number of phenols is 1. The van der Waals surface area contributed by atoms with E-state index < -0.39 is 6.27 Å². The van der Waals surface area contributed by atoms with E-state index in [1.165, 1.54) is 27.4 Å². The van der Waals surface area contributed by atoms with Crippen LogP contribution in [-0.4, -0.2) is 32.7 Å².